The molecule has 158 valence electrons. The predicted molar refractivity (Wildman–Crippen MR) is 127 cm³/mol. The maximum absolute atomic E-state index is 13.4. The van der Waals surface area contributed by atoms with Gasteiger partial charge in [0, 0.05) is 5.33 Å². The standard InChI is InChI=1S/C25H23BrN2O3/c26-15-5-6-16-31-19-13-11-18(12-14-19)17-24(29)28-22-9-3-1-7-20(22)25(30)27-21-8-2-4-10-23(21)28/h1-4,7-14H,5-6,15-17H2,(H,27,30). The Morgan fingerprint density at radius 3 is 2.39 bits per heavy atom. The van der Waals surface area contributed by atoms with Gasteiger partial charge in [0.15, 0.2) is 0 Å². The van der Waals surface area contributed by atoms with Gasteiger partial charge in [-0.2, -0.15) is 0 Å². The van der Waals surface area contributed by atoms with E-state index in [2.05, 4.69) is 21.2 Å². The summed E-state index contributed by atoms with van der Waals surface area (Å²) in [5, 5.41) is 3.88. The smallest absolute Gasteiger partial charge is 0.257 e. The third-order valence-electron chi connectivity index (χ3n) is 5.11. The number of carbonyl (C=O) groups is 2. The van der Waals surface area contributed by atoms with Gasteiger partial charge in [0.05, 0.1) is 35.7 Å². The summed E-state index contributed by atoms with van der Waals surface area (Å²) in [7, 11) is 0. The highest BCUT2D eigenvalue weighted by Gasteiger charge is 2.28. The van der Waals surface area contributed by atoms with Crippen molar-refractivity contribution in [1.82, 2.24) is 0 Å². The van der Waals surface area contributed by atoms with Gasteiger partial charge in [0.1, 0.15) is 5.75 Å². The van der Waals surface area contributed by atoms with Crippen LogP contribution in [0.4, 0.5) is 17.1 Å². The van der Waals surface area contributed by atoms with Crippen molar-refractivity contribution in [3.8, 4) is 5.75 Å². The Bertz CT molecular complexity index is 1080. The molecule has 0 saturated carbocycles. The summed E-state index contributed by atoms with van der Waals surface area (Å²) in [6.45, 7) is 0.673. The van der Waals surface area contributed by atoms with Crippen LogP contribution in [0.15, 0.2) is 72.8 Å². The summed E-state index contributed by atoms with van der Waals surface area (Å²) in [5.74, 6) is 0.466. The summed E-state index contributed by atoms with van der Waals surface area (Å²) in [6.07, 6.45) is 2.27. The van der Waals surface area contributed by atoms with Gasteiger partial charge in [-0.05, 0) is 54.8 Å². The molecule has 0 atom stereocenters. The molecular weight excluding hydrogens is 456 g/mol. The largest absolute Gasteiger partial charge is 0.494 e. The van der Waals surface area contributed by atoms with E-state index in [1.165, 1.54) is 0 Å². The fraction of sp³-hybridized carbons (Fsp3) is 0.200. The van der Waals surface area contributed by atoms with E-state index in [0.29, 0.717) is 29.2 Å². The van der Waals surface area contributed by atoms with E-state index in [1.807, 2.05) is 48.5 Å². The number of nitrogens with zero attached hydrogens (tertiary/aromatic N) is 1. The third-order valence-corrected chi connectivity index (χ3v) is 5.67. The summed E-state index contributed by atoms with van der Waals surface area (Å²) >= 11 is 3.42. The fourth-order valence-corrected chi connectivity index (χ4v) is 3.96. The number of fused-ring (bicyclic) bond motifs is 2. The van der Waals surface area contributed by atoms with Crippen LogP contribution in [0.3, 0.4) is 0 Å². The Balaban J connectivity index is 1.57. The summed E-state index contributed by atoms with van der Waals surface area (Å²) < 4.78 is 5.74. The lowest BCUT2D eigenvalue weighted by molar-refractivity contribution is -0.117. The van der Waals surface area contributed by atoms with Gasteiger partial charge in [-0.15, -0.1) is 0 Å². The van der Waals surface area contributed by atoms with E-state index >= 15 is 0 Å². The minimum Gasteiger partial charge on any atom is -0.494 e. The van der Waals surface area contributed by atoms with Crippen molar-refractivity contribution in [2.45, 2.75) is 19.3 Å². The van der Waals surface area contributed by atoms with Gasteiger partial charge in [0.2, 0.25) is 5.91 Å². The number of alkyl halides is 1. The van der Waals surface area contributed by atoms with Crippen LogP contribution < -0.4 is 15.0 Å². The van der Waals surface area contributed by atoms with Crippen LogP contribution in [0.2, 0.25) is 0 Å². The molecule has 0 saturated heterocycles. The lowest BCUT2D eigenvalue weighted by Crippen LogP contribution is -2.28. The van der Waals surface area contributed by atoms with Crippen molar-refractivity contribution in [1.29, 1.82) is 0 Å². The van der Waals surface area contributed by atoms with Crippen LogP contribution in [0.1, 0.15) is 28.8 Å². The number of unbranched alkanes of at least 4 members (excludes halogenated alkanes) is 1. The van der Waals surface area contributed by atoms with E-state index in [-0.39, 0.29) is 18.2 Å². The number of anilines is 3. The molecule has 3 aromatic rings. The van der Waals surface area contributed by atoms with Gasteiger partial charge in [-0.3, -0.25) is 14.5 Å². The molecule has 0 bridgehead atoms. The monoisotopic (exact) mass is 478 g/mol. The third kappa shape index (κ3) is 4.80. The molecular formula is C25H23BrN2O3. The zero-order valence-electron chi connectivity index (χ0n) is 17.0. The number of rotatable bonds is 7. The quantitative estimate of drug-likeness (QED) is 0.349. The second kappa shape index (κ2) is 9.79. The summed E-state index contributed by atoms with van der Waals surface area (Å²) in [5.41, 5.74) is 3.22. The molecule has 2 amide bonds. The van der Waals surface area contributed by atoms with Crippen molar-refractivity contribution in [3.63, 3.8) is 0 Å². The highest BCUT2D eigenvalue weighted by molar-refractivity contribution is 9.09. The summed E-state index contributed by atoms with van der Waals surface area (Å²) in [4.78, 5) is 27.8. The Kier molecular flexibility index (Phi) is 6.67. The van der Waals surface area contributed by atoms with Gasteiger partial charge in [0.25, 0.3) is 5.91 Å². The molecule has 0 spiro atoms. The van der Waals surface area contributed by atoms with Crippen molar-refractivity contribution < 1.29 is 14.3 Å². The van der Waals surface area contributed by atoms with Gasteiger partial charge in [-0.1, -0.05) is 52.3 Å². The molecule has 0 unspecified atom stereocenters. The Hall–Kier alpha value is -3.12. The van der Waals surface area contributed by atoms with Crippen molar-refractivity contribution >= 4 is 44.8 Å². The maximum atomic E-state index is 13.4. The van der Waals surface area contributed by atoms with Gasteiger partial charge < -0.3 is 10.1 Å². The minimum atomic E-state index is -0.222. The van der Waals surface area contributed by atoms with Crippen LogP contribution in [0.25, 0.3) is 0 Å². The first-order valence-corrected chi connectivity index (χ1v) is 11.4. The minimum absolute atomic E-state index is 0.109. The second-order valence-electron chi connectivity index (χ2n) is 7.28. The molecule has 4 rings (SSSR count). The Morgan fingerprint density at radius 2 is 1.61 bits per heavy atom. The number of halogens is 1. The molecule has 3 aromatic carbocycles. The molecule has 0 aliphatic carbocycles. The summed E-state index contributed by atoms with van der Waals surface area (Å²) in [6, 6.07) is 22.1. The molecule has 0 fully saturated rings. The van der Waals surface area contributed by atoms with E-state index in [9.17, 15) is 9.59 Å². The first-order chi connectivity index (χ1) is 15.2. The first-order valence-electron chi connectivity index (χ1n) is 10.3. The van der Waals surface area contributed by atoms with Gasteiger partial charge >= 0.3 is 0 Å². The lowest BCUT2D eigenvalue weighted by Gasteiger charge is -2.24. The predicted octanol–water partition coefficient (Wildman–Crippen LogP) is 5.71. The molecule has 5 nitrogen and oxygen atoms in total. The van der Waals surface area contributed by atoms with Crippen molar-refractivity contribution in [2.75, 3.05) is 22.2 Å². The van der Waals surface area contributed by atoms with Crippen LogP contribution in [0, 0.1) is 0 Å². The molecule has 1 aliphatic heterocycles. The lowest BCUT2D eigenvalue weighted by atomic mass is 10.1. The Labute approximate surface area is 190 Å². The van der Waals surface area contributed by atoms with E-state index in [1.54, 1.807) is 29.2 Å². The maximum Gasteiger partial charge on any atom is 0.257 e. The molecule has 1 heterocycles. The average Bonchev–Trinajstić information content (AvgIpc) is 2.92. The van der Waals surface area contributed by atoms with E-state index in [0.717, 1.165) is 29.5 Å². The zero-order valence-corrected chi connectivity index (χ0v) is 18.6. The van der Waals surface area contributed by atoms with E-state index in [4.69, 9.17) is 4.74 Å². The highest BCUT2D eigenvalue weighted by atomic mass is 79.9. The van der Waals surface area contributed by atoms with Crippen LogP contribution in [-0.2, 0) is 11.2 Å². The van der Waals surface area contributed by atoms with Crippen molar-refractivity contribution in [2.24, 2.45) is 0 Å². The molecule has 31 heavy (non-hydrogen) atoms. The number of hydrogen-bond donors (Lipinski definition) is 1. The van der Waals surface area contributed by atoms with Crippen molar-refractivity contribution in [3.05, 3.63) is 83.9 Å². The zero-order chi connectivity index (χ0) is 21.6. The molecule has 6 heteroatoms. The number of ether oxygens (including phenoxy) is 1. The number of amides is 2. The number of para-hydroxylation sites is 3. The first kappa shape index (κ1) is 21.1. The second-order valence-corrected chi connectivity index (χ2v) is 8.08. The van der Waals surface area contributed by atoms with Crippen LogP contribution >= 0.6 is 15.9 Å². The number of nitrogens with one attached hydrogen (secondary N) is 1. The highest BCUT2D eigenvalue weighted by Crippen LogP contribution is 2.38. The van der Waals surface area contributed by atoms with E-state index < -0.39 is 0 Å². The van der Waals surface area contributed by atoms with Crippen LogP contribution in [0.5, 0.6) is 5.75 Å². The van der Waals surface area contributed by atoms with Crippen LogP contribution in [-0.4, -0.2) is 23.8 Å². The number of benzene rings is 3. The normalized spacial score (nSPS) is 12.4. The topological polar surface area (TPSA) is 58.6 Å². The Morgan fingerprint density at radius 1 is 0.903 bits per heavy atom. The molecule has 1 N–H and O–H groups in total. The van der Waals surface area contributed by atoms with Gasteiger partial charge in [-0.25, -0.2) is 0 Å². The SMILES string of the molecule is O=C1Nc2ccccc2N(C(=O)Cc2ccc(OCCCCBr)cc2)c2ccccc21. The fourth-order valence-electron chi connectivity index (χ4n) is 3.57. The molecule has 0 radical (unpaired) electrons. The molecule has 1 aliphatic rings. The number of hydrogen-bond acceptors (Lipinski definition) is 3. The number of carbonyl (C=O) groups excluding carboxylic acids is 2. The molecule has 0 aromatic heterocycles. The average molecular weight is 479 g/mol.